The monoisotopic (exact) mass is 441 g/mol. The third-order valence-corrected chi connectivity index (χ3v) is 7.24. The van der Waals surface area contributed by atoms with E-state index in [0.717, 1.165) is 34.2 Å². The van der Waals surface area contributed by atoms with Crippen molar-refractivity contribution in [3.8, 4) is 11.3 Å². The van der Waals surface area contributed by atoms with E-state index < -0.39 is 0 Å². The molecule has 0 aliphatic rings. The Morgan fingerprint density at radius 1 is 0.938 bits per heavy atom. The van der Waals surface area contributed by atoms with Gasteiger partial charge in [0.2, 0.25) is 0 Å². The van der Waals surface area contributed by atoms with Crippen LogP contribution in [-0.2, 0) is 11.8 Å². The molecule has 0 saturated heterocycles. The fourth-order valence-electron chi connectivity index (χ4n) is 4.68. The summed E-state index contributed by atoms with van der Waals surface area (Å²) in [6.45, 7) is 15.9. The van der Waals surface area contributed by atoms with E-state index in [9.17, 15) is 0 Å². The van der Waals surface area contributed by atoms with Gasteiger partial charge in [0, 0.05) is 27.2 Å². The third-order valence-electron chi connectivity index (χ3n) is 6.18. The van der Waals surface area contributed by atoms with Crippen LogP contribution in [0.15, 0.2) is 52.4 Å². The second-order valence-corrected chi connectivity index (χ2v) is 12.2. The van der Waals surface area contributed by atoms with Gasteiger partial charge in [0.05, 0.1) is 5.69 Å². The highest BCUT2D eigenvalue weighted by Crippen LogP contribution is 2.40. The third kappa shape index (κ3) is 3.63. The second kappa shape index (κ2) is 7.18. The number of hydrogen-bond acceptors (Lipinski definition) is 3. The van der Waals surface area contributed by atoms with Crippen molar-refractivity contribution in [1.82, 2.24) is 4.98 Å². The fraction of sp³-hybridized carbons (Fsp3) is 0.345. The van der Waals surface area contributed by atoms with Gasteiger partial charge in [-0.15, -0.1) is 11.3 Å². The van der Waals surface area contributed by atoms with Crippen LogP contribution in [0.5, 0.6) is 0 Å². The Morgan fingerprint density at radius 2 is 1.72 bits per heavy atom. The van der Waals surface area contributed by atoms with Gasteiger partial charge in [-0.2, -0.15) is 0 Å². The second-order valence-electron chi connectivity index (χ2n) is 11.3. The van der Waals surface area contributed by atoms with Crippen molar-refractivity contribution >= 4 is 43.4 Å². The molecule has 0 aliphatic heterocycles. The van der Waals surface area contributed by atoms with Crippen LogP contribution in [0.1, 0.15) is 58.2 Å². The van der Waals surface area contributed by atoms with Crippen molar-refractivity contribution in [3.63, 3.8) is 0 Å². The zero-order valence-electron chi connectivity index (χ0n) is 20.1. The summed E-state index contributed by atoms with van der Waals surface area (Å²) in [5, 5.41) is 5.83. The number of hydrogen-bond donors (Lipinski definition) is 0. The maximum Gasteiger partial charge on any atom is 0.144 e. The van der Waals surface area contributed by atoms with Crippen LogP contribution in [0.2, 0.25) is 0 Å². The number of rotatable bonds is 2. The minimum Gasteiger partial charge on any atom is -0.455 e. The molecule has 0 bridgehead atoms. The predicted molar refractivity (Wildman–Crippen MR) is 139 cm³/mol. The lowest BCUT2D eigenvalue weighted by Crippen LogP contribution is -2.19. The van der Waals surface area contributed by atoms with Crippen LogP contribution < -0.4 is 0 Å². The summed E-state index contributed by atoms with van der Waals surface area (Å²) in [5.41, 5.74) is 8.18. The molecule has 5 rings (SSSR count). The lowest BCUT2D eigenvalue weighted by atomic mass is 9.79. The number of benzene rings is 2. The minimum atomic E-state index is 0.0566. The van der Waals surface area contributed by atoms with E-state index in [1.54, 1.807) is 11.3 Å². The number of pyridine rings is 1. The number of aromatic nitrogens is 1. The highest BCUT2D eigenvalue weighted by atomic mass is 32.1. The van der Waals surface area contributed by atoms with Crippen LogP contribution in [0.25, 0.3) is 43.3 Å². The molecule has 0 spiro atoms. The van der Waals surface area contributed by atoms with Gasteiger partial charge >= 0.3 is 0 Å². The Balaban J connectivity index is 1.73. The van der Waals surface area contributed by atoms with Crippen LogP contribution in [0.4, 0.5) is 0 Å². The molecule has 0 amide bonds. The largest absolute Gasteiger partial charge is 0.455 e. The van der Waals surface area contributed by atoms with Gasteiger partial charge in [0.25, 0.3) is 0 Å². The molecular weight excluding hydrogens is 410 g/mol. The quantitative estimate of drug-likeness (QED) is 0.273. The summed E-state index contributed by atoms with van der Waals surface area (Å²) in [5.74, 6) is 0. The van der Waals surface area contributed by atoms with Crippen LogP contribution in [-0.4, -0.2) is 4.98 Å². The molecule has 3 aromatic heterocycles. The number of furan rings is 1. The van der Waals surface area contributed by atoms with Crippen molar-refractivity contribution in [1.29, 1.82) is 0 Å². The van der Waals surface area contributed by atoms with Crippen LogP contribution >= 0.6 is 11.3 Å². The van der Waals surface area contributed by atoms with Gasteiger partial charge < -0.3 is 4.42 Å². The zero-order valence-corrected chi connectivity index (χ0v) is 20.9. The van der Waals surface area contributed by atoms with Gasteiger partial charge in [-0.1, -0.05) is 53.7 Å². The summed E-state index contributed by atoms with van der Waals surface area (Å²) < 4.78 is 7.78. The number of nitrogens with zero attached hydrogens (tertiary/aromatic N) is 1. The zero-order chi connectivity index (χ0) is 22.8. The molecule has 164 valence electrons. The van der Waals surface area contributed by atoms with E-state index in [-0.39, 0.29) is 10.8 Å². The molecule has 0 saturated carbocycles. The maximum absolute atomic E-state index is 6.47. The summed E-state index contributed by atoms with van der Waals surface area (Å²) in [6.07, 6.45) is 3.10. The Labute approximate surface area is 194 Å². The van der Waals surface area contributed by atoms with E-state index in [1.807, 2.05) is 0 Å². The van der Waals surface area contributed by atoms with Gasteiger partial charge in [0.15, 0.2) is 0 Å². The Morgan fingerprint density at radius 3 is 2.44 bits per heavy atom. The Bertz CT molecular complexity index is 1470. The van der Waals surface area contributed by atoms with E-state index in [2.05, 4.69) is 96.4 Å². The average Bonchev–Trinajstić information content (AvgIpc) is 3.24. The standard InChI is InChI=1S/C29H31NOS/c1-17-16-32-26-13-22-19-9-8-10-20(27(19)31-25(22)12-21(17)26)24-11-18(14-28(2,3)4)23(15-30-24)29(5,6)7/h8-13,15-16H,14H2,1-7H3. The summed E-state index contributed by atoms with van der Waals surface area (Å²) in [6, 6.07) is 13.2. The molecule has 0 fully saturated rings. The number of fused-ring (bicyclic) bond motifs is 4. The first-order valence-electron chi connectivity index (χ1n) is 11.3. The highest BCUT2D eigenvalue weighted by molar-refractivity contribution is 7.17. The van der Waals surface area contributed by atoms with E-state index >= 15 is 0 Å². The molecule has 32 heavy (non-hydrogen) atoms. The van der Waals surface area contributed by atoms with Crippen molar-refractivity contribution in [2.24, 2.45) is 5.41 Å². The maximum atomic E-state index is 6.47. The Kier molecular flexibility index (Phi) is 4.76. The molecule has 0 N–H and O–H groups in total. The molecule has 2 nitrogen and oxygen atoms in total. The molecular formula is C29H31NOS. The summed E-state index contributed by atoms with van der Waals surface area (Å²) >= 11 is 1.80. The highest BCUT2D eigenvalue weighted by Gasteiger charge is 2.23. The molecule has 0 aliphatic carbocycles. The minimum absolute atomic E-state index is 0.0566. The molecule has 0 unspecified atom stereocenters. The lowest BCUT2D eigenvalue weighted by Gasteiger charge is -2.27. The van der Waals surface area contributed by atoms with Crippen LogP contribution in [0, 0.1) is 12.3 Å². The molecule has 3 heteroatoms. The number of thiophene rings is 1. The van der Waals surface area contributed by atoms with Gasteiger partial charge in [-0.05, 0) is 75.9 Å². The average molecular weight is 442 g/mol. The fourth-order valence-corrected chi connectivity index (χ4v) is 5.65. The SMILES string of the molecule is Cc1csc2cc3c(cc12)oc1c(-c2cc(CC(C)(C)C)c(C(C)(C)C)cn2)cccc13. The molecule has 0 radical (unpaired) electrons. The van der Waals surface area contributed by atoms with Gasteiger partial charge in [0.1, 0.15) is 11.2 Å². The molecule has 2 aromatic carbocycles. The smallest absolute Gasteiger partial charge is 0.144 e. The predicted octanol–water partition coefficient (Wildman–Crippen LogP) is 9.06. The molecule has 0 atom stereocenters. The first kappa shape index (κ1) is 21.2. The van der Waals surface area contributed by atoms with Crippen molar-refractivity contribution in [2.45, 2.75) is 60.3 Å². The van der Waals surface area contributed by atoms with E-state index in [4.69, 9.17) is 9.40 Å². The van der Waals surface area contributed by atoms with Gasteiger partial charge in [-0.25, -0.2) is 0 Å². The topological polar surface area (TPSA) is 26.0 Å². The van der Waals surface area contributed by atoms with E-state index in [1.165, 1.54) is 32.2 Å². The van der Waals surface area contributed by atoms with Crippen molar-refractivity contribution < 1.29 is 4.42 Å². The van der Waals surface area contributed by atoms with E-state index in [0.29, 0.717) is 0 Å². The summed E-state index contributed by atoms with van der Waals surface area (Å²) in [4.78, 5) is 4.93. The summed E-state index contributed by atoms with van der Waals surface area (Å²) in [7, 11) is 0. The lowest BCUT2D eigenvalue weighted by molar-refractivity contribution is 0.406. The van der Waals surface area contributed by atoms with Crippen LogP contribution in [0.3, 0.4) is 0 Å². The Hall–Kier alpha value is -2.65. The molecule has 3 heterocycles. The first-order chi connectivity index (χ1) is 15.0. The van der Waals surface area contributed by atoms with Gasteiger partial charge in [-0.3, -0.25) is 4.98 Å². The van der Waals surface area contributed by atoms with Crippen molar-refractivity contribution in [3.05, 3.63) is 64.7 Å². The first-order valence-corrected chi connectivity index (χ1v) is 12.2. The number of aryl methyl sites for hydroxylation is 1. The number of para-hydroxylation sites is 1. The normalized spacial score (nSPS) is 13.0. The molecule has 5 aromatic rings. The van der Waals surface area contributed by atoms with Crippen molar-refractivity contribution in [2.75, 3.05) is 0 Å².